The summed E-state index contributed by atoms with van der Waals surface area (Å²) in [6.07, 6.45) is 13.5. The number of hydrogen-bond acceptors (Lipinski definition) is 2. The third-order valence-electron chi connectivity index (χ3n) is 2.94. The molecule has 0 fully saturated rings. The van der Waals surface area contributed by atoms with Crippen LogP contribution >= 0.6 is 11.8 Å². The van der Waals surface area contributed by atoms with Crippen LogP contribution < -0.4 is 5.32 Å². The molecule has 1 N–H and O–H groups in total. The summed E-state index contributed by atoms with van der Waals surface area (Å²) in [5, 5.41) is 3.57. The molecular formula is C14H31NS. The lowest BCUT2D eigenvalue weighted by molar-refractivity contribution is 0.531. The number of rotatable bonds is 12. The highest BCUT2D eigenvalue weighted by Gasteiger charge is 1.98. The quantitative estimate of drug-likeness (QED) is 0.509. The zero-order valence-corrected chi connectivity index (χ0v) is 12.4. The van der Waals surface area contributed by atoms with Gasteiger partial charge < -0.3 is 5.32 Å². The van der Waals surface area contributed by atoms with Crippen molar-refractivity contribution in [1.29, 1.82) is 0 Å². The van der Waals surface area contributed by atoms with Gasteiger partial charge in [0.1, 0.15) is 0 Å². The standard InChI is InChI=1S/C14H31NS/c1-4-5-6-7-8-9-10-11-12-15-14(2)13-16-3/h14-15H,4-13H2,1-3H3. The molecule has 0 radical (unpaired) electrons. The Hall–Kier alpha value is 0.310. The Kier molecular flexibility index (Phi) is 13.6. The highest BCUT2D eigenvalue weighted by Crippen LogP contribution is 2.08. The molecule has 98 valence electrons. The van der Waals surface area contributed by atoms with Crippen molar-refractivity contribution in [2.24, 2.45) is 0 Å². The van der Waals surface area contributed by atoms with E-state index < -0.39 is 0 Å². The van der Waals surface area contributed by atoms with E-state index in [2.05, 4.69) is 25.4 Å². The summed E-state index contributed by atoms with van der Waals surface area (Å²) in [5.41, 5.74) is 0. The molecule has 1 unspecified atom stereocenters. The molecule has 0 spiro atoms. The highest BCUT2D eigenvalue weighted by atomic mass is 32.2. The maximum atomic E-state index is 3.57. The number of thioether (sulfide) groups is 1. The van der Waals surface area contributed by atoms with Gasteiger partial charge in [-0.05, 0) is 26.1 Å². The molecule has 0 saturated carbocycles. The second kappa shape index (κ2) is 13.4. The van der Waals surface area contributed by atoms with Gasteiger partial charge in [0.15, 0.2) is 0 Å². The number of hydrogen-bond donors (Lipinski definition) is 1. The van der Waals surface area contributed by atoms with Gasteiger partial charge in [-0.15, -0.1) is 0 Å². The van der Waals surface area contributed by atoms with E-state index in [9.17, 15) is 0 Å². The number of unbranched alkanes of at least 4 members (excludes halogenated alkanes) is 7. The van der Waals surface area contributed by atoms with Crippen LogP contribution in [0.25, 0.3) is 0 Å². The van der Waals surface area contributed by atoms with Crippen LogP contribution in [-0.4, -0.2) is 24.6 Å². The Morgan fingerprint density at radius 1 is 0.938 bits per heavy atom. The second-order valence-corrected chi connectivity index (χ2v) is 5.70. The van der Waals surface area contributed by atoms with Crippen LogP contribution in [0.15, 0.2) is 0 Å². The first-order chi connectivity index (χ1) is 7.81. The summed E-state index contributed by atoms with van der Waals surface area (Å²) in [5.74, 6) is 1.23. The molecule has 0 aliphatic heterocycles. The van der Waals surface area contributed by atoms with Gasteiger partial charge in [0.05, 0.1) is 0 Å². The zero-order valence-electron chi connectivity index (χ0n) is 11.6. The van der Waals surface area contributed by atoms with E-state index in [0.717, 1.165) is 0 Å². The predicted octanol–water partition coefficient (Wildman–Crippen LogP) is 4.47. The van der Waals surface area contributed by atoms with Crippen molar-refractivity contribution in [2.75, 3.05) is 18.6 Å². The summed E-state index contributed by atoms with van der Waals surface area (Å²) in [6, 6.07) is 0.680. The predicted molar refractivity (Wildman–Crippen MR) is 78.5 cm³/mol. The van der Waals surface area contributed by atoms with E-state index in [1.165, 1.54) is 63.7 Å². The minimum atomic E-state index is 0.680. The fraction of sp³-hybridized carbons (Fsp3) is 1.00. The fourth-order valence-electron chi connectivity index (χ4n) is 1.92. The van der Waals surface area contributed by atoms with E-state index in [1.807, 2.05) is 11.8 Å². The molecule has 2 heteroatoms. The molecule has 0 aliphatic rings. The summed E-state index contributed by atoms with van der Waals surface area (Å²) >= 11 is 1.93. The first-order valence-corrected chi connectivity index (χ1v) is 8.43. The van der Waals surface area contributed by atoms with Gasteiger partial charge >= 0.3 is 0 Å². The third-order valence-corrected chi connectivity index (χ3v) is 3.77. The molecule has 16 heavy (non-hydrogen) atoms. The molecule has 0 aromatic heterocycles. The first kappa shape index (κ1) is 16.3. The van der Waals surface area contributed by atoms with Crippen LogP contribution in [0.1, 0.15) is 65.2 Å². The van der Waals surface area contributed by atoms with Gasteiger partial charge in [-0.2, -0.15) is 11.8 Å². The van der Waals surface area contributed by atoms with Crippen LogP contribution in [0.3, 0.4) is 0 Å². The zero-order chi connectivity index (χ0) is 12.1. The second-order valence-electron chi connectivity index (χ2n) is 4.79. The Balaban J connectivity index is 2.98. The minimum absolute atomic E-state index is 0.680. The van der Waals surface area contributed by atoms with Crippen molar-refractivity contribution < 1.29 is 0 Å². The average Bonchev–Trinajstić information content (AvgIpc) is 2.27. The van der Waals surface area contributed by atoms with Crippen molar-refractivity contribution >= 4 is 11.8 Å². The van der Waals surface area contributed by atoms with Gasteiger partial charge in [0.25, 0.3) is 0 Å². The molecule has 0 aromatic rings. The normalized spacial score (nSPS) is 12.9. The lowest BCUT2D eigenvalue weighted by atomic mass is 10.1. The van der Waals surface area contributed by atoms with Crippen LogP contribution in [-0.2, 0) is 0 Å². The van der Waals surface area contributed by atoms with Crippen molar-refractivity contribution in [3.63, 3.8) is 0 Å². The highest BCUT2D eigenvalue weighted by molar-refractivity contribution is 7.98. The van der Waals surface area contributed by atoms with Gasteiger partial charge in [-0.3, -0.25) is 0 Å². The van der Waals surface area contributed by atoms with E-state index in [-0.39, 0.29) is 0 Å². The molecule has 1 nitrogen and oxygen atoms in total. The lowest BCUT2D eigenvalue weighted by Crippen LogP contribution is -2.28. The Morgan fingerprint density at radius 2 is 1.50 bits per heavy atom. The average molecular weight is 245 g/mol. The van der Waals surface area contributed by atoms with Gasteiger partial charge in [0.2, 0.25) is 0 Å². The minimum Gasteiger partial charge on any atom is -0.313 e. The number of nitrogens with one attached hydrogen (secondary N) is 1. The summed E-state index contributed by atoms with van der Waals surface area (Å²) < 4.78 is 0. The van der Waals surface area contributed by atoms with Crippen LogP contribution in [0.5, 0.6) is 0 Å². The van der Waals surface area contributed by atoms with Gasteiger partial charge in [0, 0.05) is 11.8 Å². The monoisotopic (exact) mass is 245 g/mol. The maximum absolute atomic E-state index is 3.57. The Bertz CT molecular complexity index is 128. The van der Waals surface area contributed by atoms with Gasteiger partial charge in [-0.1, -0.05) is 51.9 Å². The van der Waals surface area contributed by atoms with E-state index in [1.54, 1.807) is 0 Å². The van der Waals surface area contributed by atoms with E-state index in [4.69, 9.17) is 0 Å². The molecular weight excluding hydrogens is 214 g/mol. The largest absolute Gasteiger partial charge is 0.313 e. The molecule has 0 saturated heterocycles. The Labute approximate surface area is 107 Å². The maximum Gasteiger partial charge on any atom is 0.0129 e. The van der Waals surface area contributed by atoms with Crippen LogP contribution in [0.4, 0.5) is 0 Å². The topological polar surface area (TPSA) is 12.0 Å². The van der Waals surface area contributed by atoms with E-state index in [0.29, 0.717) is 6.04 Å². The molecule has 1 atom stereocenters. The van der Waals surface area contributed by atoms with Crippen molar-refractivity contribution in [3.05, 3.63) is 0 Å². The van der Waals surface area contributed by atoms with Crippen molar-refractivity contribution in [2.45, 2.75) is 71.3 Å². The smallest absolute Gasteiger partial charge is 0.0129 e. The molecule has 0 heterocycles. The van der Waals surface area contributed by atoms with E-state index >= 15 is 0 Å². The van der Waals surface area contributed by atoms with Crippen molar-refractivity contribution in [1.82, 2.24) is 5.32 Å². The van der Waals surface area contributed by atoms with Gasteiger partial charge in [-0.25, -0.2) is 0 Å². The lowest BCUT2D eigenvalue weighted by Gasteiger charge is -2.11. The van der Waals surface area contributed by atoms with Crippen LogP contribution in [0.2, 0.25) is 0 Å². The molecule has 0 rings (SSSR count). The SMILES string of the molecule is CCCCCCCCCCNC(C)CSC. The summed E-state index contributed by atoms with van der Waals surface area (Å²) in [7, 11) is 0. The fourth-order valence-corrected chi connectivity index (χ4v) is 2.53. The molecule has 0 aromatic carbocycles. The Morgan fingerprint density at radius 3 is 2.06 bits per heavy atom. The van der Waals surface area contributed by atoms with Crippen LogP contribution in [0, 0.1) is 0 Å². The molecule has 0 amide bonds. The molecule has 0 aliphatic carbocycles. The first-order valence-electron chi connectivity index (χ1n) is 7.03. The molecule has 0 bridgehead atoms. The van der Waals surface area contributed by atoms with Crippen molar-refractivity contribution in [3.8, 4) is 0 Å². The third kappa shape index (κ3) is 12.4. The summed E-state index contributed by atoms with van der Waals surface area (Å²) in [6.45, 7) is 5.76. The summed E-state index contributed by atoms with van der Waals surface area (Å²) in [4.78, 5) is 0.